The maximum Gasteiger partial charge on any atom is 0.417 e. The standard InChI is InChI=1S/C13H12ClF3N4/c14-11-4-19-21(8-11)7-9-5-20(6-9)12-2-1-10(3-18-12)13(15,16)17/h1-4,8-9H,5-7H2. The Kier molecular flexibility index (Phi) is 3.52. The van der Waals surface area contributed by atoms with Crippen LogP contribution in [0.15, 0.2) is 30.7 Å². The molecule has 0 saturated carbocycles. The van der Waals surface area contributed by atoms with E-state index in [1.165, 1.54) is 6.07 Å². The van der Waals surface area contributed by atoms with Crippen LogP contribution in [0.5, 0.6) is 0 Å². The summed E-state index contributed by atoms with van der Waals surface area (Å²) in [5, 5.41) is 4.69. The third-order valence-electron chi connectivity index (χ3n) is 3.40. The Bertz CT molecular complexity index is 617. The molecule has 1 aliphatic rings. The Morgan fingerprint density at radius 3 is 2.52 bits per heavy atom. The van der Waals surface area contributed by atoms with E-state index in [9.17, 15) is 13.2 Å². The average molecular weight is 317 g/mol. The molecule has 0 spiro atoms. The molecule has 1 saturated heterocycles. The summed E-state index contributed by atoms with van der Waals surface area (Å²) in [7, 11) is 0. The maximum absolute atomic E-state index is 12.4. The summed E-state index contributed by atoms with van der Waals surface area (Å²) in [5.74, 6) is 0.961. The van der Waals surface area contributed by atoms with Gasteiger partial charge in [-0.3, -0.25) is 4.68 Å². The fraction of sp³-hybridized carbons (Fsp3) is 0.385. The average Bonchev–Trinajstić information content (AvgIpc) is 2.78. The monoisotopic (exact) mass is 316 g/mol. The summed E-state index contributed by atoms with van der Waals surface area (Å²) in [6.07, 6.45) is -0.145. The predicted molar refractivity (Wildman–Crippen MR) is 72.2 cm³/mol. The zero-order valence-electron chi connectivity index (χ0n) is 10.9. The second kappa shape index (κ2) is 5.22. The van der Waals surface area contributed by atoms with Crippen LogP contribution < -0.4 is 4.90 Å². The van der Waals surface area contributed by atoms with Gasteiger partial charge in [0.05, 0.1) is 16.8 Å². The highest BCUT2D eigenvalue weighted by Crippen LogP contribution is 2.30. The van der Waals surface area contributed by atoms with E-state index in [1.807, 2.05) is 4.90 Å². The van der Waals surface area contributed by atoms with Crippen molar-refractivity contribution in [1.29, 1.82) is 0 Å². The first-order valence-corrected chi connectivity index (χ1v) is 6.76. The fourth-order valence-corrected chi connectivity index (χ4v) is 2.47. The summed E-state index contributed by atoms with van der Waals surface area (Å²) in [6, 6.07) is 2.47. The minimum atomic E-state index is -4.34. The fourth-order valence-electron chi connectivity index (χ4n) is 2.32. The Balaban J connectivity index is 1.56. The number of alkyl halides is 3. The highest BCUT2D eigenvalue weighted by atomic mass is 35.5. The van der Waals surface area contributed by atoms with Crippen LogP contribution in [0, 0.1) is 5.92 Å². The topological polar surface area (TPSA) is 34.0 Å². The molecule has 4 nitrogen and oxygen atoms in total. The SMILES string of the molecule is FC(F)(F)c1ccc(N2CC(Cn3cc(Cl)cn3)C2)nc1. The van der Waals surface area contributed by atoms with Crippen molar-refractivity contribution >= 4 is 17.4 Å². The zero-order valence-corrected chi connectivity index (χ0v) is 11.6. The van der Waals surface area contributed by atoms with Crippen molar-refractivity contribution in [2.45, 2.75) is 12.7 Å². The van der Waals surface area contributed by atoms with Crippen LogP contribution in [0.2, 0.25) is 5.02 Å². The summed E-state index contributed by atoms with van der Waals surface area (Å²) >= 11 is 5.79. The van der Waals surface area contributed by atoms with E-state index in [1.54, 1.807) is 17.1 Å². The van der Waals surface area contributed by atoms with Crippen molar-refractivity contribution in [2.75, 3.05) is 18.0 Å². The largest absolute Gasteiger partial charge is 0.417 e. The van der Waals surface area contributed by atoms with E-state index >= 15 is 0 Å². The molecule has 1 fully saturated rings. The summed E-state index contributed by atoms with van der Waals surface area (Å²) < 4.78 is 39.1. The number of rotatable bonds is 3. The number of halogens is 4. The molecule has 0 bridgehead atoms. The van der Waals surface area contributed by atoms with Crippen LogP contribution in [-0.2, 0) is 12.7 Å². The molecule has 0 amide bonds. The number of anilines is 1. The first-order chi connectivity index (χ1) is 9.91. The molecule has 0 atom stereocenters. The molecule has 0 N–H and O–H groups in total. The van der Waals surface area contributed by atoms with Gasteiger partial charge in [-0.15, -0.1) is 0 Å². The van der Waals surface area contributed by atoms with Crippen molar-refractivity contribution in [3.63, 3.8) is 0 Å². The van der Waals surface area contributed by atoms with Gasteiger partial charge in [-0.2, -0.15) is 18.3 Å². The third kappa shape index (κ3) is 3.12. The first-order valence-electron chi connectivity index (χ1n) is 6.38. The van der Waals surface area contributed by atoms with Gasteiger partial charge in [0.1, 0.15) is 5.82 Å². The summed E-state index contributed by atoms with van der Waals surface area (Å²) in [5.41, 5.74) is -0.727. The molecule has 3 heterocycles. The number of aromatic nitrogens is 3. The third-order valence-corrected chi connectivity index (χ3v) is 3.60. The highest BCUT2D eigenvalue weighted by molar-refractivity contribution is 6.30. The molecule has 2 aromatic heterocycles. The van der Waals surface area contributed by atoms with Gasteiger partial charge >= 0.3 is 6.18 Å². The van der Waals surface area contributed by atoms with E-state index in [4.69, 9.17) is 11.6 Å². The smallest absolute Gasteiger partial charge is 0.356 e. The van der Waals surface area contributed by atoms with Crippen molar-refractivity contribution in [3.05, 3.63) is 41.3 Å². The molecule has 0 aromatic carbocycles. The molecule has 21 heavy (non-hydrogen) atoms. The van der Waals surface area contributed by atoms with Gasteiger partial charge in [-0.1, -0.05) is 11.6 Å². The number of hydrogen-bond acceptors (Lipinski definition) is 3. The van der Waals surface area contributed by atoms with Crippen molar-refractivity contribution in [1.82, 2.24) is 14.8 Å². The lowest BCUT2D eigenvalue weighted by Gasteiger charge is -2.40. The van der Waals surface area contributed by atoms with E-state index in [0.717, 1.165) is 31.9 Å². The Labute approximate surface area is 124 Å². The minimum absolute atomic E-state index is 0.394. The van der Waals surface area contributed by atoms with Crippen LogP contribution in [0.4, 0.5) is 19.0 Å². The second-order valence-corrected chi connectivity index (χ2v) is 5.49. The number of pyridine rings is 1. The van der Waals surface area contributed by atoms with Crippen molar-refractivity contribution < 1.29 is 13.2 Å². The first kappa shape index (κ1) is 14.2. The van der Waals surface area contributed by atoms with Crippen molar-refractivity contribution in [2.24, 2.45) is 5.92 Å². The summed E-state index contributed by atoms with van der Waals surface area (Å²) in [4.78, 5) is 5.82. The molecular formula is C13H12ClF3N4. The zero-order chi connectivity index (χ0) is 15.0. The Morgan fingerprint density at radius 2 is 2.00 bits per heavy atom. The van der Waals surface area contributed by atoms with E-state index < -0.39 is 11.7 Å². The molecule has 0 radical (unpaired) electrons. The van der Waals surface area contributed by atoms with Gasteiger partial charge in [0.2, 0.25) is 0 Å². The van der Waals surface area contributed by atoms with Gasteiger partial charge in [0, 0.05) is 37.9 Å². The molecule has 112 valence electrons. The summed E-state index contributed by atoms with van der Waals surface area (Å²) in [6.45, 7) is 2.23. The normalized spacial score (nSPS) is 16.1. The number of hydrogen-bond donors (Lipinski definition) is 0. The van der Waals surface area contributed by atoms with Crippen LogP contribution >= 0.6 is 11.6 Å². The molecule has 8 heteroatoms. The van der Waals surface area contributed by atoms with E-state index in [-0.39, 0.29) is 0 Å². The molecule has 1 aliphatic heterocycles. The van der Waals surface area contributed by atoms with E-state index in [0.29, 0.717) is 16.8 Å². The lowest BCUT2D eigenvalue weighted by molar-refractivity contribution is -0.137. The molecule has 0 aliphatic carbocycles. The van der Waals surface area contributed by atoms with Gasteiger partial charge in [-0.05, 0) is 12.1 Å². The molecule has 0 unspecified atom stereocenters. The molecule has 2 aromatic rings. The van der Waals surface area contributed by atoms with Crippen LogP contribution in [0.25, 0.3) is 0 Å². The highest BCUT2D eigenvalue weighted by Gasteiger charge is 2.32. The Morgan fingerprint density at radius 1 is 1.24 bits per heavy atom. The number of nitrogens with zero attached hydrogens (tertiary/aromatic N) is 4. The van der Waals surface area contributed by atoms with Crippen LogP contribution in [0.3, 0.4) is 0 Å². The Hall–Kier alpha value is -1.76. The predicted octanol–water partition coefficient (Wildman–Crippen LogP) is 3.09. The lowest BCUT2D eigenvalue weighted by Crippen LogP contribution is -2.49. The van der Waals surface area contributed by atoms with Gasteiger partial charge in [-0.25, -0.2) is 4.98 Å². The van der Waals surface area contributed by atoms with Gasteiger partial charge < -0.3 is 4.90 Å². The van der Waals surface area contributed by atoms with Crippen molar-refractivity contribution in [3.8, 4) is 0 Å². The quantitative estimate of drug-likeness (QED) is 0.872. The van der Waals surface area contributed by atoms with E-state index in [2.05, 4.69) is 10.1 Å². The lowest BCUT2D eigenvalue weighted by atomic mass is 10.0. The van der Waals surface area contributed by atoms with Gasteiger partial charge in [0.15, 0.2) is 0 Å². The maximum atomic E-state index is 12.4. The minimum Gasteiger partial charge on any atom is -0.356 e. The molecule has 3 rings (SSSR count). The second-order valence-electron chi connectivity index (χ2n) is 5.05. The van der Waals surface area contributed by atoms with Gasteiger partial charge in [0.25, 0.3) is 0 Å². The molecular weight excluding hydrogens is 305 g/mol. The van der Waals surface area contributed by atoms with Crippen LogP contribution in [-0.4, -0.2) is 27.9 Å². The van der Waals surface area contributed by atoms with Crippen LogP contribution in [0.1, 0.15) is 5.56 Å².